The van der Waals surface area contributed by atoms with Gasteiger partial charge in [0, 0.05) is 44.3 Å². The van der Waals surface area contributed by atoms with Gasteiger partial charge >= 0.3 is 18.1 Å². The first kappa shape index (κ1) is 36.4. The lowest BCUT2D eigenvalue weighted by atomic mass is 9.34. The van der Waals surface area contributed by atoms with Crippen LogP contribution in [0.4, 0.5) is 13.2 Å². The van der Waals surface area contributed by atoms with Crippen LogP contribution < -0.4 is 5.32 Å². The van der Waals surface area contributed by atoms with Crippen molar-refractivity contribution in [2.75, 3.05) is 14.2 Å². The van der Waals surface area contributed by atoms with Crippen LogP contribution in [0, 0.1) is 22.7 Å². The number of nitrogens with zero attached hydrogens (tertiary/aromatic N) is 2. The molecule has 1 N–H and O–H groups in total. The van der Waals surface area contributed by atoms with Crippen LogP contribution in [0.3, 0.4) is 0 Å². The number of rotatable bonds is 15. The summed E-state index contributed by atoms with van der Waals surface area (Å²) in [5, 5.41) is 4.94. The summed E-state index contributed by atoms with van der Waals surface area (Å²) in [5.41, 5.74) is -1.11. The fraction of sp³-hybridized carbons (Fsp3) is 0.618. The minimum absolute atomic E-state index is 0.0107. The van der Waals surface area contributed by atoms with E-state index >= 15 is 0 Å². The van der Waals surface area contributed by atoms with Crippen LogP contribution in [0.2, 0.25) is 0 Å². The molecule has 1 heterocycles. The molecule has 0 saturated heterocycles. The van der Waals surface area contributed by atoms with Gasteiger partial charge in [-0.05, 0) is 49.0 Å². The highest BCUT2D eigenvalue weighted by Gasteiger charge is 2.78. The largest absolute Gasteiger partial charge is 0.469 e. The number of amides is 2. The van der Waals surface area contributed by atoms with Crippen molar-refractivity contribution in [2.45, 2.75) is 97.0 Å². The Morgan fingerprint density at radius 1 is 1.06 bits per heavy atom. The van der Waals surface area contributed by atoms with Crippen LogP contribution in [0.15, 0.2) is 35.7 Å². The van der Waals surface area contributed by atoms with Gasteiger partial charge in [0.15, 0.2) is 6.10 Å². The van der Waals surface area contributed by atoms with E-state index in [4.69, 9.17) is 9.47 Å². The molecule has 0 aliphatic heterocycles. The average Bonchev–Trinajstić information content (AvgIpc) is 3.45. The minimum Gasteiger partial charge on any atom is -0.469 e. The first-order valence-electron chi connectivity index (χ1n) is 15.9. The van der Waals surface area contributed by atoms with E-state index in [0.717, 1.165) is 16.9 Å². The topological polar surface area (TPSA) is 115 Å². The smallest absolute Gasteiger partial charge is 0.394 e. The van der Waals surface area contributed by atoms with E-state index in [0.29, 0.717) is 17.8 Å². The molecular formula is C34H44F3N3O6S. The summed E-state index contributed by atoms with van der Waals surface area (Å²) in [5.74, 6) is -2.16. The van der Waals surface area contributed by atoms with Crippen LogP contribution in [0.25, 0.3) is 0 Å². The molecule has 3 aliphatic rings. The maximum Gasteiger partial charge on any atom is 0.394 e. The Kier molecular flexibility index (Phi) is 11.1. The Morgan fingerprint density at radius 2 is 1.70 bits per heavy atom. The fourth-order valence-corrected chi connectivity index (χ4v) is 8.07. The van der Waals surface area contributed by atoms with E-state index in [1.165, 1.54) is 14.0 Å². The van der Waals surface area contributed by atoms with Gasteiger partial charge in [-0.2, -0.15) is 13.2 Å². The van der Waals surface area contributed by atoms with Crippen LogP contribution in [0.1, 0.15) is 93.4 Å². The highest BCUT2D eigenvalue weighted by molar-refractivity contribution is 7.09. The number of halogens is 3. The van der Waals surface area contributed by atoms with Crippen LogP contribution in [-0.2, 0) is 30.3 Å². The van der Waals surface area contributed by atoms with Gasteiger partial charge in [0.05, 0.1) is 18.4 Å². The second-order valence-corrected chi connectivity index (χ2v) is 14.6. The Morgan fingerprint density at radius 3 is 2.26 bits per heavy atom. The highest BCUT2D eigenvalue weighted by atomic mass is 32.1. The number of alkyl halides is 3. The fourth-order valence-electron chi connectivity index (χ4n) is 7.23. The lowest BCUT2D eigenvalue weighted by Gasteiger charge is -2.70. The molecule has 0 radical (unpaired) electrons. The number of methoxy groups -OCH3 is 1. The summed E-state index contributed by atoms with van der Waals surface area (Å²) >= 11 is 1.15. The van der Waals surface area contributed by atoms with Gasteiger partial charge in [0.2, 0.25) is 5.91 Å². The highest BCUT2D eigenvalue weighted by Crippen LogP contribution is 2.79. The van der Waals surface area contributed by atoms with Crippen molar-refractivity contribution < 1.29 is 41.8 Å². The predicted octanol–water partition coefficient (Wildman–Crippen LogP) is 6.28. The summed E-state index contributed by atoms with van der Waals surface area (Å²) in [4.78, 5) is 57.1. The van der Waals surface area contributed by atoms with Crippen molar-refractivity contribution in [1.82, 2.24) is 15.2 Å². The summed E-state index contributed by atoms with van der Waals surface area (Å²) in [7, 11) is 2.95. The monoisotopic (exact) mass is 679 g/mol. The molecule has 3 fully saturated rings. The maximum atomic E-state index is 13.4. The quantitative estimate of drug-likeness (QED) is 0.220. The summed E-state index contributed by atoms with van der Waals surface area (Å²) < 4.78 is 50.6. The number of carbonyl (C=O) groups excluding carboxylic acids is 4. The molecular weight excluding hydrogens is 635 g/mol. The van der Waals surface area contributed by atoms with Crippen molar-refractivity contribution in [1.29, 1.82) is 0 Å². The third-order valence-electron chi connectivity index (χ3n) is 9.62. The minimum atomic E-state index is -4.24. The molecule has 1 aromatic heterocycles. The lowest BCUT2D eigenvalue weighted by Crippen LogP contribution is -2.69. The SMILES string of the molecule is COC(=O)[C@@H](C)C[C@H](Cc1ccccc1)NC(=O)c1csc([C@@H](CC(C(C)C)N(C)C(=O)CC23CC(C(F)(F)F)(C2)C3)OC(C)=O)n1. The first-order chi connectivity index (χ1) is 22.0. The molecule has 3 aliphatic carbocycles. The van der Waals surface area contributed by atoms with Gasteiger partial charge < -0.3 is 19.7 Å². The Bertz CT molecular complexity index is 1430. The zero-order valence-corrected chi connectivity index (χ0v) is 28.5. The molecule has 47 heavy (non-hydrogen) atoms. The standard InChI is InChI=1S/C34H44F3N3O6S/c1-20(2)26(40(5)28(42)15-32-17-33(18-32,19-32)34(35,36)37)14-27(46-22(4)41)30-39-25(16-47-30)29(43)38-24(12-21(3)31(44)45-6)13-23-10-8-7-9-11-23/h7-11,16,20-21,24,26-27H,12-15,17-19H2,1-6H3,(H,38,43)/t21-,24+,26?,27+,32?,33?/m0/s1. The molecule has 258 valence electrons. The first-order valence-corrected chi connectivity index (χ1v) is 16.7. The average molecular weight is 680 g/mol. The predicted molar refractivity (Wildman–Crippen MR) is 169 cm³/mol. The number of thiazole rings is 1. The second kappa shape index (κ2) is 14.3. The number of aromatic nitrogens is 1. The van der Waals surface area contributed by atoms with Gasteiger partial charge in [0.25, 0.3) is 5.91 Å². The molecule has 2 bridgehead atoms. The Balaban J connectivity index is 1.45. The molecule has 5 rings (SSSR count). The van der Waals surface area contributed by atoms with Crippen molar-refractivity contribution in [3.63, 3.8) is 0 Å². The van der Waals surface area contributed by atoms with Crippen LogP contribution in [-0.4, -0.2) is 66.1 Å². The van der Waals surface area contributed by atoms with Gasteiger partial charge in [-0.1, -0.05) is 51.1 Å². The summed E-state index contributed by atoms with van der Waals surface area (Å²) in [6, 6.07) is 8.75. The number of ether oxygens (including phenoxy) is 2. The zero-order chi connectivity index (χ0) is 34.7. The van der Waals surface area contributed by atoms with E-state index in [1.54, 1.807) is 24.3 Å². The van der Waals surface area contributed by atoms with Crippen molar-refractivity contribution in [2.24, 2.45) is 22.7 Å². The van der Waals surface area contributed by atoms with Crippen LogP contribution >= 0.6 is 11.3 Å². The molecule has 4 atom stereocenters. The van der Waals surface area contributed by atoms with E-state index in [9.17, 15) is 32.3 Å². The number of esters is 2. The van der Waals surface area contributed by atoms with E-state index in [1.807, 2.05) is 44.2 Å². The van der Waals surface area contributed by atoms with Crippen molar-refractivity contribution in [3.05, 3.63) is 52.0 Å². The normalized spacial score (nSPS) is 22.6. The summed E-state index contributed by atoms with van der Waals surface area (Å²) in [6.45, 7) is 6.84. The van der Waals surface area contributed by atoms with Gasteiger partial charge in [0.1, 0.15) is 10.7 Å². The molecule has 2 aromatic rings. The van der Waals surface area contributed by atoms with Crippen molar-refractivity contribution >= 4 is 35.1 Å². The van der Waals surface area contributed by atoms with Gasteiger partial charge in [-0.15, -0.1) is 11.3 Å². The van der Waals surface area contributed by atoms with Gasteiger partial charge in [-0.25, -0.2) is 4.98 Å². The molecule has 0 spiro atoms. The second-order valence-electron chi connectivity index (χ2n) is 13.7. The number of benzene rings is 1. The zero-order valence-electron chi connectivity index (χ0n) is 27.7. The molecule has 1 aromatic carbocycles. The van der Waals surface area contributed by atoms with Crippen LogP contribution in [0.5, 0.6) is 0 Å². The Labute approximate surface area is 277 Å². The van der Waals surface area contributed by atoms with E-state index in [2.05, 4.69) is 10.3 Å². The van der Waals surface area contributed by atoms with Gasteiger partial charge in [-0.3, -0.25) is 19.2 Å². The third-order valence-corrected chi connectivity index (χ3v) is 10.6. The molecule has 13 heteroatoms. The number of nitrogens with one attached hydrogen (secondary N) is 1. The number of hydrogen-bond acceptors (Lipinski definition) is 8. The third kappa shape index (κ3) is 8.33. The molecule has 1 unspecified atom stereocenters. The lowest BCUT2D eigenvalue weighted by molar-refractivity contribution is -0.362. The van der Waals surface area contributed by atoms with E-state index in [-0.39, 0.29) is 55.6 Å². The van der Waals surface area contributed by atoms with Crippen molar-refractivity contribution in [3.8, 4) is 0 Å². The molecule has 3 saturated carbocycles. The number of hydrogen-bond donors (Lipinski definition) is 1. The number of carbonyl (C=O) groups is 4. The maximum absolute atomic E-state index is 13.4. The van der Waals surface area contributed by atoms with E-state index < -0.39 is 53.0 Å². The molecule has 9 nitrogen and oxygen atoms in total. The molecule has 2 amide bonds. The summed E-state index contributed by atoms with van der Waals surface area (Å²) in [6.07, 6.45) is -4.07. The Hall–Kier alpha value is -3.48.